The molecule has 0 heterocycles. The number of rotatable bonds is 16. The highest BCUT2D eigenvalue weighted by molar-refractivity contribution is 5.74. The molecule has 39 heavy (non-hydrogen) atoms. The fraction of sp³-hybridized carbons (Fsp3) is 0.375. The molecule has 7 heteroatoms. The summed E-state index contributed by atoms with van der Waals surface area (Å²) in [5.74, 6) is 0. The molecule has 0 aliphatic heterocycles. The Hall–Kier alpha value is -4.00. The normalized spacial score (nSPS) is 11.1. The standard InChI is InChI=1S/C32H39N3O4/c1-3-5-7-9-23-33(24-10-8-6-4-2)30-20-18-29(19-21-30)28-16-13-26(14-17-28)11-12-27-15-22-31(34(36)37)32(25-27)35(38)39/h11-22,25H,3-10,23-24H2,1-2H3. The Morgan fingerprint density at radius 2 is 1.10 bits per heavy atom. The molecule has 0 saturated carbocycles. The average Bonchev–Trinajstić information content (AvgIpc) is 2.95. The van der Waals surface area contributed by atoms with Crippen LogP contribution in [-0.4, -0.2) is 22.9 Å². The maximum Gasteiger partial charge on any atom is 0.346 e. The van der Waals surface area contributed by atoms with Gasteiger partial charge in [0, 0.05) is 30.9 Å². The molecule has 0 fully saturated rings. The molecule has 0 radical (unpaired) electrons. The second kappa shape index (κ2) is 15.4. The molecular formula is C32H39N3O4. The first-order chi connectivity index (χ1) is 18.9. The number of benzene rings is 3. The first-order valence-electron chi connectivity index (χ1n) is 14.0. The summed E-state index contributed by atoms with van der Waals surface area (Å²) in [6.07, 6.45) is 13.7. The molecule has 0 aliphatic carbocycles. The Balaban J connectivity index is 1.67. The van der Waals surface area contributed by atoms with Crippen molar-refractivity contribution in [3.63, 3.8) is 0 Å². The van der Waals surface area contributed by atoms with Crippen LogP contribution < -0.4 is 4.90 Å². The lowest BCUT2D eigenvalue weighted by atomic mass is 10.0. The summed E-state index contributed by atoms with van der Waals surface area (Å²) >= 11 is 0. The molecule has 0 unspecified atom stereocenters. The van der Waals surface area contributed by atoms with Gasteiger partial charge >= 0.3 is 11.4 Å². The summed E-state index contributed by atoms with van der Waals surface area (Å²) < 4.78 is 0. The van der Waals surface area contributed by atoms with Crippen LogP contribution in [0.2, 0.25) is 0 Å². The van der Waals surface area contributed by atoms with Crippen LogP contribution in [0.3, 0.4) is 0 Å². The van der Waals surface area contributed by atoms with E-state index in [4.69, 9.17) is 0 Å². The van der Waals surface area contributed by atoms with E-state index in [9.17, 15) is 20.2 Å². The van der Waals surface area contributed by atoms with Gasteiger partial charge in [0.15, 0.2) is 0 Å². The van der Waals surface area contributed by atoms with Crippen molar-refractivity contribution in [1.29, 1.82) is 0 Å². The highest BCUT2D eigenvalue weighted by Crippen LogP contribution is 2.29. The lowest BCUT2D eigenvalue weighted by Gasteiger charge is -2.25. The molecule has 0 atom stereocenters. The van der Waals surface area contributed by atoms with Crippen LogP contribution in [0.1, 0.15) is 76.3 Å². The lowest BCUT2D eigenvalue weighted by Crippen LogP contribution is -2.25. The number of unbranched alkanes of at least 4 members (excludes halogenated alkanes) is 6. The van der Waals surface area contributed by atoms with E-state index < -0.39 is 21.2 Å². The fourth-order valence-electron chi connectivity index (χ4n) is 4.62. The molecule has 0 spiro atoms. The molecule has 206 valence electrons. The van der Waals surface area contributed by atoms with E-state index in [1.54, 1.807) is 6.08 Å². The van der Waals surface area contributed by atoms with Gasteiger partial charge in [-0.15, -0.1) is 0 Å². The maximum absolute atomic E-state index is 11.2. The van der Waals surface area contributed by atoms with Gasteiger partial charge in [-0.2, -0.15) is 0 Å². The van der Waals surface area contributed by atoms with E-state index >= 15 is 0 Å². The topological polar surface area (TPSA) is 89.5 Å². The largest absolute Gasteiger partial charge is 0.372 e. The molecule has 0 aliphatic rings. The predicted molar refractivity (Wildman–Crippen MR) is 161 cm³/mol. The van der Waals surface area contributed by atoms with Crippen molar-refractivity contribution in [2.45, 2.75) is 65.2 Å². The summed E-state index contributed by atoms with van der Waals surface area (Å²) in [5.41, 5.74) is 3.98. The Bertz CT molecular complexity index is 1230. The van der Waals surface area contributed by atoms with Crippen molar-refractivity contribution >= 4 is 29.2 Å². The van der Waals surface area contributed by atoms with E-state index in [1.807, 2.05) is 18.2 Å². The Labute approximate surface area is 231 Å². The van der Waals surface area contributed by atoms with Crippen LogP contribution in [0.5, 0.6) is 0 Å². The van der Waals surface area contributed by atoms with E-state index in [1.165, 1.54) is 75.3 Å². The van der Waals surface area contributed by atoms with Crippen LogP contribution in [-0.2, 0) is 0 Å². The van der Waals surface area contributed by atoms with Gasteiger partial charge in [0.1, 0.15) is 0 Å². The fourth-order valence-corrected chi connectivity index (χ4v) is 4.62. The smallest absolute Gasteiger partial charge is 0.346 e. The van der Waals surface area contributed by atoms with Gasteiger partial charge in [0.25, 0.3) is 0 Å². The summed E-state index contributed by atoms with van der Waals surface area (Å²) in [6.45, 7) is 6.70. The minimum absolute atomic E-state index is 0.511. The molecule has 0 amide bonds. The number of nitro benzene ring substituents is 2. The number of anilines is 1. The lowest BCUT2D eigenvalue weighted by molar-refractivity contribution is -0.422. The van der Waals surface area contributed by atoms with Gasteiger partial charge in [-0.1, -0.05) is 101 Å². The maximum atomic E-state index is 11.2. The third-order valence-corrected chi connectivity index (χ3v) is 6.90. The Kier molecular flexibility index (Phi) is 11.7. The van der Waals surface area contributed by atoms with Crippen LogP contribution in [0.15, 0.2) is 66.7 Å². The van der Waals surface area contributed by atoms with Gasteiger partial charge in [-0.25, -0.2) is 0 Å². The highest BCUT2D eigenvalue weighted by atomic mass is 16.6. The molecule has 3 aromatic carbocycles. The van der Waals surface area contributed by atoms with Crippen molar-refractivity contribution < 1.29 is 9.85 Å². The highest BCUT2D eigenvalue weighted by Gasteiger charge is 2.23. The first-order valence-corrected chi connectivity index (χ1v) is 14.0. The van der Waals surface area contributed by atoms with Crippen LogP contribution >= 0.6 is 0 Å². The van der Waals surface area contributed by atoms with Crippen molar-refractivity contribution in [1.82, 2.24) is 0 Å². The van der Waals surface area contributed by atoms with Gasteiger partial charge < -0.3 is 4.90 Å². The van der Waals surface area contributed by atoms with Crippen LogP contribution in [0.25, 0.3) is 23.3 Å². The third-order valence-electron chi connectivity index (χ3n) is 6.90. The minimum atomic E-state index is -0.740. The zero-order chi connectivity index (χ0) is 28.0. The molecular weight excluding hydrogens is 490 g/mol. The summed E-state index contributed by atoms with van der Waals surface area (Å²) in [5, 5.41) is 22.2. The molecule has 0 N–H and O–H groups in total. The van der Waals surface area contributed by atoms with Crippen molar-refractivity contribution in [2.75, 3.05) is 18.0 Å². The zero-order valence-electron chi connectivity index (χ0n) is 23.1. The van der Waals surface area contributed by atoms with E-state index in [0.717, 1.165) is 29.8 Å². The van der Waals surface area contributed by atoms with Gasteiger partial charge in [0.05, 0.1) is 9.85 Å². The quantitative estimate of drug-likeness (QED) is 0.0798. The first kappa shape index (κ1) is 29.6. The second-order valence-electron chi connectivity index (χ2n) is 9.87. The zero-order valence-corrected chi connectivity index (χ0v) is 23.1. The number of nitro groups is 2. The molecule has 0 bridgehead atoms. The predicted octanol–water partition coefficient (Wildman–Crippen LogP) is 9.31. The van der Waals surface area contributed by atoms with Crippen LogP contribution in [0, 0.1) is 20.2 Å². The Morgan fingerprint density at radius 3 is 1.62 bits per heavy atom. The van der Waals surface area contributed by atoms with Crippen LogP contribution in [0.4, 0.5) is 17.1 Å². The monoisotopic (exact) mass is 529 g/mol. The van der Waals surface area contributed by atoms with Gasteiger partial charge in [0.2, 0.25) is 0 Å². The number of hydrogen-bond acceptors (Lipinski definition) is 5. The summed E-state index contributed by atoms with van der Waals surface area (Å²) in [7, 11) is 0. The van der Waals surface area contributed by atoms with Gasteiger partial charge in [-0.3, -0.25) is 20.2 Å². The SMILES string of the molecule is CCCCCCN(CCCCCC)c1ccc(-c2ccc(C=Cc3ccc([N+](=O)[O-])c([N+](=O)[O-])c3)cc2)cc1. The average molecular weight is 530 g/mol. The van der Waals surface area contributed by atoms with E-state index in [0.29, 0.717) is 5.56 Å². The number of hydrogen-bond donors (Lipinski definition) is 0. The van der Waals surface area contributed by atoms with E-state index in [2.05, 4.69) is 55.1 Å². The molecule has 7 nitrogen and oxygen atoms in total. The molecule has 3 rings (SSSR count). The summed E-state index contributed by atoms with van der Waals surface area (Å²) in [4.78, 5) is 23.3. The number of nitrogens with zero attached hydrogens (tertiary/aromatic N) is 3. The molecule has 0 aromatic heterocycles. The van der Waals surface area contributed by atoms with Gasteiger partial charge in [-0.05, 0) is 53.3 Å². The van der Waals surface area contributed by atoms with E-state index in [-0.39, 0.29) is 0 Å². The summed E-state index contributed by atoms with van der Waals surface area (Å²) in [6, 6.07) is 20.8. The molecule has 3 aromatic rings. The Morgan fingerprint density at radius 1 is 0.615 bits per heavy atom. The van der Waals surface area contributed by atoms with Crippen molar-refractivity contribution in [3.05, 3.63) is 98.1 Å². The van der Waals surface area contributed by atoms with Crippen molar-refractivity contribution in [3.8, 4) is 11.1 Å². The van der Waals surface area contributed by atoms with Crippen molar-refractivity contribution in [2.24, 2.45) is 0 Å². The molecule has 0 saturated heterocycles. The third kappa shape index (κ3) is 9.06. The minimum Gasteiger partial charge on any atom is -0.372 e. The second-order valence-corrected chi connectivity index (χ2v) is 9.87.